The molecule has 1 aliphatic rings. The molecule has 1 N–H and O–H groups in total. The second-order valence-corrected chi connectivity index (χ2v) is 7.43. The maximum atomic E-state index is 4.80. The van der Waals surface area contributed by atoms with Gasteiger partial charge in [-0.2, -0.15) is 0 Å². The molecule has 28 heavy (non-hydrogen) atoms. The van der Waals surface area contributed by atoms with Gasteiger partial charge in [0.2, 0.25) is 0 Å². The number of pyridine rings is 1. The summed E-state index contributed by atoms with van der Waals surface area (Å²) in [5.74, 6) is 1.62. The predicted octanol–water partition coefficient (Wildman–Crippen LogP) is 3.13. The maximum Gasteiger partial charge on any atom is 0.163 e. The van der Waals surface area contributed by atoms with Crippen LogP contribution in [-0.4, -0.2) is 71.1 Å². The van der Waals surface area contributed by atoms with Crippen LogP contribution in [0.25, 0.3) is 22.3 Å². The number of anilines is 1. The highest BCUT2D eigenvalue weighted by Crippen LogP contribution is 2.24. The molecule has 3 aromatic rings. The molecule has 1 aliphatic heterocycles. The second-order valence-electron chi connectivity index (χ2n) is 7.43. The molecule has 3 heterocycles. The molecule has 1 aromatic carbocycles. The lowest BCUT2D eigenvalue weighted by molar-refractivity contribution is 0.276. The van der Waals surface area contributed by atoms with Crippen LogP contribution in [0.3, 0.4) is 0 Å². The summed E-state index contributed by atoms with van der Waals surface area (Å²) in [5.41, 5.74) is 1.89. The zero-order valence-electron chi connectivity index (χ0n) is 16.5. The summed E-state index contributed by atoms with van der Waals surface area (Å²) in [7, 11) is 2.21. The number of nitrogens with zero attached hydrogens (tertiary/aromatic N) is 5. The fourth-order valence-corrected chi connectivity index (χ4v) is 3.67. The normalized spacial score (nSPS) is 16.2. The summed E-state index contributed by atoms with van der Waals surface area (Å²) in [6.07, 6.45) is 5.94. The monoisotopic (exact) mass is 376 g/mol. The fraction of sp³-hybridized carbons (Fsp3) is 0.409. The van der Waals surface area contributed by atoms with Gasteiger partial charge < -0.3 is 15.1 Å². The van der Waals surface area contributed by atoms with E-state index in [1.54, 1.807) is 6.20 Å². The molecular formula is C22H28N6. The molecule has 0 radical (unpaired) electrons. The Kier molecular flexibility index (Phi) is 6.09. The van der Waals surface area contributed by atoms with Gasteiger partial charge in [-0.05, 0) is 63.8 Å². The Morgan fingerprint density at radius 2 is 1.93 bits per heavy atom. The lowest BCUT2D eigenvalue weighted by atomic mass is 10.2. The van der Waals surface area contributed by atoms with Gasteiger partial charge >= 0.3 is 0 Å². The van der Waals surface area contributed by atoms with Gasteiger partial charge in [0.1, 0.15) is 5.82 Å². The molecular weight excluding hydrogens is 348 g/mol. The number of hydrogen-bond donors (Lipinski definition) is 1. The third-order valence-electron chi connectivity index (χ3n) is 5.28. The van der Waals surface area contributed by atoms with Crippen LogP contribution in [0, 0.1) is 0 Å². The van der Waals surface area contributed by atoms with E-state index in [-0.39, 0.29) is 0 Å². The van der Waals surface area contributed by atoms with Gasteiger partial charge in [-0.15, -0.1) is 0 Å². The highest BCUT2D eigenvalue weighted by atomic mass is 15.2. The van der Waals surface area contributed by atoms with Crippen LogP contribution in [0.1, 0.15) is 12.8 Å². The van der Waals surface area contributed by atoms with Gasteiger partial charge in [0.05, 0.1) is 5.52 Å². The van der Waals surface area contributed by atoms with Crippen LogP contribution < -0.4 is 5.32 Å². The molecule has 6 heteroatoms. The molecule has 0 bridgehead atoms. The number of benzene rings is 1. The minimum atomic E-state index is 0.713. The first-order chi connectivity index (χ1) is 13.8. The lowest BCUT2D eigenvalue weighted by Gasteiger charge is -2.20. The van der Waals surface area contributed by atoms with Crippen molar-refractivity contribution >= 4 is 16.7 Å². The summed E-state index contributed by atoms with van der Waals surface area (Å²) in [6, 6.07) is 12.1. The van der Waals surface area contributed by atoms with Crippen LogP contribution in [-0.2, 0) is 0 Å². The first kappa shape index (κ1) is 18.8. The summed E-state index contributed by atoms with van der Waals surface area (Å²) >= 11 is 0. The number of para-hydroxylation sites is 1. The maximum absolute atomic E-state index is 4.80. The molecule has 0 aliphatic carbocycles. The Labute approximate surface area is 166 Å². The SMILES string of the molecule is CN1CCCN(CCCNc2nc(-c3cccnc3)nc3ccccc23)CC1. The molecule has 1 fully saturated rings. The third-order valence-corrected chi connectivity index (χ3v) is 5.28. The Hall–Kier alpha value is -2.57. The first-order valence-corrected chi connectivity index (χ1v) is 10.1. The van der Waals surface area contributed by atoms with E-state index in [9.17, 15) is 0 Å². The van der Waals surface area contributed by atoms with Crippen molar-refractivity contribution < 1.29 is 0 Å². The minimum Gasteiger partial charge on any atom is -0.369 e. The van der Waals surface area contributed by atoms with Gasteiger partial charge in [-0.1, -0.05) is 12.1 Å². The minimum absolute atomic E-state index is 0.713. The van der Waals surface area contributed by atoms with Gasteiger partial charge in [0.15, 0.2) is 5.82 Å². The van der Waals surface area contributed by atoms with Crippen LogP contribution in [0.4, 0.5) is 5.82 Å². The van der Waals surface area contributed by atoms with Crippen molar-refractivity contribution in [1.29, 1.82) is 0 Å². The Balaban J connectivity index is 1.44. The van der Waals surface area contributed by atoms with Gasteiger partial charge in [0.25, 0.3) is 0 Å². The molecule has 146 valence electrons. The zero-order chi connectivity index (χ0) is 19.2. The molecule has 0 spiro atoms. The molecule has 1 saturated heterocycles. The third kappa shape index (κ3) is 4.64. The van der Waals surface area contributed by atoms with E-state index in [4.69, 9.17) is 9.97 Å². The average molecular weight is 377 g/mol. The fourth-order valence-electron chi connectivity index (χ4n) is 3.67. The van der Waals surface area contributed by atoms with Crippen LogP contribution in [0.5, 0.6) is 0 Å². The number of likely N-dealkylation sites (N-methyl/N-ethyl adjacent to an activating group) is 1. The predicted molar refractivity (Wildman–Crippen MR) is 114 cm³/mol. The molecule has 0 saturated carbocycles. The lowest BCUT2D eigenvalue weighted by Crippen LogP contribution is -2.30. The van der Waals surface area contributed by atoms with Crippen molar-refractivity contribution in [2.24, 2.45) is 0 Å². The van der Waals surface area contributed by atoms with Crippen molar-refractivity contribution in [3.05, 3.63) is 48.8 Å². The summed E-state index contributed by atoms with van der Waals surface area (Å²) in [6.45, 7) is 6.76. The number of aromatic nitrogens is 3. The van der Waals surface area contributed by atoms with Gasteiger partial charge in [-0.25, -0.2) is 9.97 Å². The smallest absolute Gasteiger partial charge is 0.163 e. The van der Waals surface area contributed by atoms with Crippen LogP contribution in [0.15, 0.2) is 48.8 Å². The Morgan fingerprint density at radius 3 is 2.82 bits per heavy atom. The molecule has 0 unspecified atom stereocenters. The van der Waals surface area contributed by atoms with Crippen molar-refractivity contribution in [1.82, 2.24) is 24.8 Å². The van der Waals surface area contributed by atoms with E-state index >= 15 is 0 Å². The van der Waals surface area contributed by atoms with Crippen molar-refractivity contribution in [3.63, 3.8) is 0 Å². The second kappa shape index (κ2) is 9.08. The quantitative estimate of drug-likeness (QED) is 0.667. The van der Waals surface area contributed by atoms with E-state index in [1.165, 1.54) is 26.1 Å². The molecule has 6 nitrogen and oxygen atoms in total. The molecule has 2 aromatic heterocycles. The molecule has 4 rings (SSSR count). The average Bonchev–Trinajstić information content (AvgIpc) is 2.95. The first-order valence-electron chi connectivity index (χ1n) is 10.1. The number of fused-ring (bicyclic) bond motifs is 1. The van der Waals surface area contributed by atoms with Crippen molar-refractivity contribution in [2.75, 3.05) is 51.6 Å². The molecule has 0 amide bonds. The number of hydrogen-bond acceptors (Lipinski definition) is 6. The van der Waals surface area contributed by atoms with E-state index in [0.717, 1.165) is 48.3 Å². The van der Waals surface area contributed by atoms with Crippen LogP contribution in [0.2, 0.25) is 0 Å². The van der Waals surface area contributed by atoms with Crippen molar-refractivity contribution in [2.45, 2.75) is 12.8 Å². The largest absolute Gasteiger partial charge is 0.369 e. The van der Waals surface area contributed by atoms with Crippen LogP contribution >= 0.6 is 0 Å². The summed E-state index contributed by atoms with van der Waals surface area (Å²) in [5, 5.41) is 4.61. The Morgan fingerprint density at radius 1 is 1.00 bits per heavy atom. The number of rotatable bonds is 6. The van der Waals surface area contributed by atoms with E-state index in [2.05, 4.69) is 33.2 Å². The summed E-state index contributed by atoms with van der Waals surface area (Å²) < 4.78 is 0. The van der Waals surface area contributed by atoms with Gasteiger partial charge in [0, 0.05) is 43.0 Å². The topological polar surface area (TPSA) is 57.2 Å². The van der Waals surface area contributed by atoms with E-state index in [1.807, 2.05) is 36.5 Å². The highest BCUT2D eigenvalue weighted by molar-refractivity contribution is 5.90. The van der Waals surface area contributed by atoms with Crippen molar-refractivity contribution in [3.8, 4) is 11.4 Å². The standard InChI is InChI=1S/C22H28N6/c1-27-12-6-14-28(16-15-27)13-5-11-24-22-19-8-2-3-9-20(19)25-21(26-22)18-7-4-10-23-17-18/h2-4,7-10,17H,5-6,11-16H2,1H3,(H,24,25,26). The number of nitrogens with one attached hydrogen (secondary N) is 1. The summed E-state index contributed by atoms with van der Waals surface area (Å²) in [4.78, 5) is 18.7. The zero-order valence-corrected chi connectivity index (χ0v) is 16.5. The molecule has 0 atom stereocenters. The van der Waals surface area contributed by atoms with Gasteiger partial charge in [-0.3, -0.25) is 4.98 Å². The van der Waals surface area contributed by atoms with E-state index in [0.29, 0.717) is 5.82 Å². The van der Waals surface area contributed by atoms with E-state index < -0.39 is 0 Å². The highest BCUT2D eigenvalue weighted by Gasteiger charge is 2.12. The Bertz CT molecular complexity index is 898.